The van der Waals surface area contributed by atoms with Crippen molar-refractivity contribution in [2.75, 3.05) is 0 Å². The Kier molecular flexibility index (Phi) is 2.58. The molecule has 0 aliphatic rings. The Balaban J connectivity index is 2.65. The molecule has 0 unspecified atom stereocenters. The van der Waals surface area contributed by atoms with Crippen molar-refractivity contribution in [3.63, 3.8) is 0 Å². The van der Waals surface area contributed by atoms with E-state index in [-0.39, 0.29) is 16.8 Å². The maximum atomic E-state index is 13.4. The molecule has 17 heavy (non-hydrogen) atoms. The second-order valence-electron chi connectivity index (χ2n) is 3.19. The molecule has 0 radical (unpaired) electrons. The monoisotopic (exact) mass is 242 g/mol. The highest BCUT2D eigenvalue weighted by Gasteiger charge is 2.20. The lowest BCUT2D eigenvalue weighted by Gasteiger charge is -2.03. The molecule has 4 nitrogen and oxygen atoms in total. The average Bonchev–Trinajstić information content (AvgIpc) is 2.75. The molecule has 0 fully saturated rings. The molecule has 0 atom stereocenters. The van der Waals surface area contributed by atoms with Crippen molar-refractivity contribution in [1.29, 1.82) is 0 Å². The standard InChI is InChI=1S/C10H5F3N2O2/c11-6-2-1-4(7(12)8(6)13)9-5(10(16)17)3-14-15-9/h1-3H,(H,14,15)(H,16,17). The number of carbonyl (C=O) groups is 1. The van der Waals surface area contributed by atoms with Crippen molar-refractivity contribution in [2.24, 2.45) is 0 Å². The summed E-state index contributed by atoms with van der Waals surface area (Å²) in [5.41, 5.74) is -0.928. The number of H-pyrrole nitrogens is 1. The Morgan fingerprint density at radius 2 is 1.94 bits per heavy atom. The number of aromatic amines is 1. The number of nitrogens with one attached hydrogen (secondary N) is 1. The van der Waals surface area contributed by atoms with Gasteiger partial charge in [0.2, 0.25) is 0 Å². The molecule has 0 amide bonds. The van der Waals surface area contributed by atoms with E-state index >= 15 is 0 Å². The highest BCUT2D eigenvalue weighted by molar-refractivity contribution is 5.94. The molecule has 7 heteroatoms. The fourth-order valence-electron chi connectivity index (χ4n) is 1.37. The van der Waals surface area contributed by atoms with Gasteiger partial charge in [-0.1, -0.05) is 0 Å². The quantitative estimate of drug-likeness (QED) is 0.793. The third-order valence-corrected chi connectivity index (χ3v) is 2.17. The lowest BCUT2D eigenvalue weighted by atomic mass is 10.1. The van der Waals surface area contributed by atoms with Gasteiger partial charge in [-0.25, -0.2) is 18.0 Å². The molecular formula is C10H5F3N2O2. The Morgan fingerprint density at radius 3 is 2.59 bits per heavy atom. The molecule has 2 N–H and O–H groups in total. The number of hydrogen-bond donors (Lipinski definition) is 2. The summed E-state index contributed by atoms with van der Waals surface area (Å²) in [5.74, 6) is -5.81. The van der Waals surface area contributed by atoms with Crippen LogP contribution in [0.4, 0.5) is 13.2 Å². The first kappa shape index (κ1) is 11.2. The number of carboxylic acids is 1. The number of aromatic carboxylic acids is 1. The zero-order valence-corrected chi connectivity index (χ0v) is 8.17. The van der Waals surface area contributed by atoms with Crippen molar-refractivity contribution in [1.82, 2.24) is 10.2 Å². The summed E-state index contributed by atoms with van der Waals surface area (Å²) in [6.07, 6.45) is 0.957. The number of aromatic nitrogens is 2. The summed E-state index contributed by atoms with van der Waals surface area (Å²) in [6, 6.07) is 1.65. The Bertz CT molecular complexity index is 595. The Morgan fingerprint density at radius 1 is 1.24 bits per heavy atom. The van der Waals surface area contributed by atoms with Crippen LogP contribution < -0.4 is 0 Å². The van der Waals surface area contributed by atoms with E-state index in [0.717, 1.165) is 12.3 Å². The zero-order chi connectivity index (χ0) is 12.6. The van der Waals surface area contributed by atoms with E-state index in [9.17, 15) is 18.0 Å². The molecule has 2 rings (SSSR count). The molecule has 0 aliphatic carbocycles. The van der Waals surface area contributed by atoms with Gasteiger partial charge in [-0.15, -0.1) is 0 Å². The second-order valence-corrected chi connectivity index (χ2v) is 3.19. The first-order valence-electron chi connectivity index (χ1n) is 4.43. The summed E-state index contributed by atoms with van der Waals surface area (Å²) in [6.45, 7) is 0. The van der Waals surface area contributed by atoms with Crippen LogP contribution in [-0.4, -0.2) is 21.3 Å². The fraction of sp³-hybridized carbons (Fsp3) is 0. The van der Waals surface area contributed by atoms with Gasteiger partial charge in [0.25, 0.3) is 0 Å². The van der Waals surface area contributed by atoms with E-state index in [4.69, 9.17) is 5.11 Å². The van der Waals surface area contributed by atoms with Gasteiger partial charge in [-0.2, -0.15) is 5.10 Å². The van der Waals surface area contributed by atoms with Gasteiger partial charge < -0.3 is 5.11 Å². The molecule has 1 aromatic heterocycles. The van der Waals surface area contributed by atoms with E-state index < -0.39 is 23.4 Å². The summed E-state index contributed by atoms with van der Waals surface area (Å²) >= 11 is 0. The van der Waals surface area contributed by atoms with Gasteiger partial charge in [0.1, 0.15) is 5.56 Å². The SMILES string of the molecule is O=C(O)c1cn[nH]c1-c1ccc(F)c(F)c1F. The van der Waals surface area contributed by atoms with Gasteiger partial charge >= 0.3 is 5.97 Å². The Labute approximate surface area is 92.7 Å². The van der Waals surface area contributed by atoms with Crippen LogP contribution in [0.15, 0.2) is 18.3 Å². The lowest BCUT2D eigenvalue weighted by molar-refractivity contribution is 0.0698. The van der Waals surface area contributed by atoms with Gasteiger partial charge in [-0.05, 0) is 12.1 Å². The summed E-state index contributed by atoms with van der Waals surface area (Å²) < 4.78 is 39.1. The molecule has 0 spiro atoms. The number of benzene rings is 1. The van der Waals surface area contributed by atoms with E-state index in [1.54, 1.807) is 0 Å². The highest BCUT2D eigenvalue weighted by Crippen LogP contribution is 2.26. The topological polar surface area (TPSA) is 66.0 Å². The van der Waals surface area contributed by atoms with E-state index in [2.05, 4.69) is 10.2 Å². The third-order valence-electron chi connectivity index (χ3n) is 2.17. The van der Waals surface area contributed by atoms with Crippen LogP contribution in [-0.2, 0) is 0 Å². The largest absolute Gasteiger partial charge is 0.478 e. The maximum absolute atomic E-state index is 13.4. The lowest BCUT2D eigenvalue weighted by Crippen LogP contribution is -2.00. The van der Waals surface area contributed by atoms with Crippen LogP contribution in [0.1, 0.15) is 10.4 Å². The molecule has 88 valence electrons. The van der Waals surface area contributed by atoms with Crippen molar-refractivity contribution >= 4 is 5.97 Å². The second kappa shape index (κ2) is 3.93. The maximum Gasteiger partial charge on any atom is 0.339 e. The molecule has 0 saturated carbocycles. The van der Waals surface area contributed by atoms with Gasteiger partial charge in [0, 0.05) is 5.56 Å². The predicted octanol–water partition coefficient (Wildman–Crippen LogP) is 2.19. The average molecular weight is 242 g/mol. The number of rotatable bonds is 2. The van der Waals surface area contributed by atoms with E-state index in [1.165, 1.54) is 0 Å². The fourth-order valence-corrected chi connectivity index (χ4v) is 1.37. The summed E-state index contributed by atoms with van der Waals surface area (Å²) in [4.78, 5) is 10.8. The summed E-state index contributed by atoms with van der Waals surface area (Å²) in [7, 11) is 0. The molecular weight excluding hydrogens is 237 g/mol. The predicted molar refractivity (Wildman–Crippen MR) is 50.9 cm³/mol. The van der Waals surface area contributed by atoms with Crippen molar-refractivity contribution in [2.45, 2.75) is 0 Å². The highest BCUT2D eigenvalue weighted by atomic mass is 19.2. The van der Waals surface area contributed by atoms with Crippen LogP contribution in [0.25, 0.3) is 11.3 Å². The minimum atomic E-state index is -1.66. The van der Waals surface area contributed by atoms with Crippen LogP contribution in [0, 0.1) is 17.5 Å². The number of hydrogen-bond acceptors (Lipinski definition) is 2. The smallest absolute Gasteiger partial charge is 0.339 e. The number of carboxylic acid groups (broad SMARTS) is 1. The molecule has 1 heterocycles. The first-order chi connectivity index (χ1) is 8.02. The first-order valence-corrected chi connectivity index (χ1v) is 4.43. The van der Waals surface area contributed by atoms with Crippen LogP contribution in [0.3, 0.4) is 0 Å². The van der Waals surface area contributed by atoms with Gasteiger partial charge in [-0.3, -0.25) is 5.10 Å². The van der Waals surface area contributed by atoms with Crippen LogP contribution in [0.5, 0.6) is 0 Å². The molecule has 0 bridgehead atoms. The van der Waals surface area contributed by atoms with E-state index in [1.807, 2.05) is 0 Å². The molecule has 0 aliphatic heterocycles. The number of nitrogens with zero attached hydrogens (tertiary/aromatic N) is 1. The van der Waals surface area contributed by atoms with Gasteiger partial charge in [0.15, 0.2) is 17.5 Å². The van der Waals surface area contributed by atoms with Crippen molar-refractivity contribution in [3.05, 3.63) is 41.3 Å². The zero-order valence-electron chi connectivity index (χ0n) is 8.17. The van der Waals surface area contributed by atoms with Crippen LogP contribution in [0.2, 0.25) is 0 Å². The number of halogens is 3. The van der Waals surface area contributed by atoms with Gasteiger partial charge in [0.05, 0.1) is 11.9 Å². The van der Waals surface area contributed by atoms with Crippen molar-refractivity contribution in [3.8, 4) is 11.3 Å². The normalized spacial score (nSPS) is 10.5. The van der Waals surface area contributed by atoms with E-state index in [0.29, 0.717) is 6.07 Å². The minimum Gasteiger partial charge on any atom is -0.478 e. The molecule has 1 aromatic carbocycles. The van der Waals surface area contributed by atoms with Crippen LogP contribution >= 0.6 is 0 Å². The third kappa shape index (κ3) is 1.75. The minimum absolute atomic E-state index is 0.214. The molecule has 2 aromatic rings. The Hall–Kier alpha value is -2.31. The molecule has 0 saturated heterocycles. The van der Waals surface area contributed by atoms with Crippen molar-refractivity contribution < 1.29 is 23.1 Å². The summed E-state index contributed by atoms with van der Waals surface area (Å²) in [5, 5.41) is 14.4.